The summed E-state index contributed by atoms with van der Waals surface area (Å²) in [5, 5.41) is 8.97. The van der Waals surface area contributed by atoms with Crippen molar-refractivity contribution in [3.8, 4) is 11.6 Å². The third-order valence-corrected chi connectivity index (χ3v) is 3.40. The third kappa shape index (κ3) is 3.82. The second-order valence-electron chi connectivity index (χ2n) is 5.23. The van der Waals surface area contributed by atoms with Gasteiger partial charge in [-0.2, -0.15) is 0 Å². The van der Waals surface area contributed by atoms with E-state index in [2.05, 4.69) is 9.97 Å². The van der Waals surface area contributed by atoms with Gasteiger partial charge in [0.2, 0.25) is 5.88 Å². The van der Waals surface area contributed by atoms with Crippen molar-refractivity contribution in [3.63, 3.8) is 0 Å². The number of nitrogens with zero attached hydrogens (tertiary/aromatic N) is 3. The maximum Gasteiger partial charge on any atom is 0.323 e. The number of carboxylic acids is 1. The molecule has 0 bridgehead atoms. The predicted molar refractivity (Wildman–Crippen MR) is 80.2 cm³/mol. The fourth-order valence-corrected chi connectivity index (χ4v) is 2.22. The summed E-state index contributed by atoms with van der Waals surface area (Å²) in [6, 6.07) is 6.62. The lowest BCUT2D eigenvalue weighted by atomic mass is 10.2. The molecular formula is C16H15N3O4. The maximum atomic E-state index is 12.5. The molecule has 1 saturated carbocycles. The van der Waals surface area contributed by atoms with Gasteiger partial charge in [-0.05, 0) is 31.0 Å². The molecule has 1 heterocycles. The van der Waals surface area contributed by atoms with Crippen molar-refractivity contribution >= 4 is 11.9 Å². The smallest absolute Gasteiger partial charge is 0.323 e. The van der Waals surface area contributed by atoms with Crippen LogP contribution in [0.1, 0.15) is 23.2 Å². The lowest BCUT2D eigenvalue weighted by Crippen LogP contribution is -2.37. The summed E-state index contributed by atoms with van der Waals surface area (Å²) in [6.07, 6.45) is 6.19. The zero-order valence-electron chi connectivity index (χ0n) is 12.3. The second-order valence-corrected chi connectivity index (χ2v) is 5.23. The molecule has 7 nitrogen and oxygen atoms in total. The molecule has 1 aromatic heterocycles. The highest BCUT2D eigenvalue weighted by molar-refractivity contribution is 5.96. The Balaban J connectivity index is 1.78. The van der Waals surface area contributed by atoms with Crippen LogP contribution in [0.5, 0.6) is 11.6 Å². The molecule has 118 valence electrons. The second kappa shape index (κ2) is 6.43. The van der Waals surface area contributed by atoms with Crippen molar-refractivity contribution in [2.45, 2.75) is 18.9 Å². The van der Waals surface area contributed by atoms with Crippen LogP contribution in [0, 0.1) is 0 Å². The molecule has 1 fully saturated rings. The molecular weight excluding hydrogens is 298 g/mol. The summed E-state index contributed by atoms with van der Waals surface area (Å²) in [7, 11) is 0. The van der Waals surface area contributed by atoms with Crippen LogP contribution in [-0.2, 0) is 4.79 Å². The minimum absolute atomic E-state index is 0.0168. The number of aliphatic carboxylic acids is 1. The molecule has 0 radical (unpaired) electrons. The molecule has 1 aromatic carbocycles. The van der Waals surface area contributed by atoms with Crippen LogP contribution in [0.4, 0.5) is 0 Å². The van der Waals surface area contributed by atoms with Crippen molar-refractivity contribution in [2.24, 2.45) is 0 Å². The Morgan fingerprint density at radius 3 is 2.78 bits per heavy atom. The monoisotopic (exact) mass is 313 g/mol. The number of carbonyl (C=O) groups is 2. The van der Waals surface area contributed by atoms with Gasteiger partial charge in [-0.1, -0.05) is 6.07 Å². The standard InChI is InChI=1S/C16H15N3O4/c20-15(21)10-19(12-4-5-12)16(22)11-2-1-3-13(8-11)23-14-9-17-6-7-18-14/h1-3,6-9,12H,4-5,10H2,(H,20,21). The average Bonchev–Trinajstić information content (AvgIpc) is 3.38. The summed E-state index contributed by atoms with van der Waals surface area (Å²) < 4.78 is 5.55. The fraction of sp³-hybridized carbons (Fsp3) is 0.250. The van der Waals surface area contributed by atoms with Crippen LogP contribution in [-0.4, -0.2) is 44.4 Å². The van der Waals surface area contributed by atoms with Crippen LogP contribution >= 0.6 is 0 Å². The largest absolute Gasteiger partial charge is 0.480 e. The lowest BCUT2D eigenvalue weighted by Gasteiger charge is -2.20. The number of aromatic nitrogens is 2. The van der Waals surface area contributed by atoms with Crippen molar-refractivity contribution in [2.75, 3.05) is 6.54 Å². The summed E-state index contributed by atoms with van der Waals surface area (Å²) in [6.45, 7) is -0.293. The van der Waals surface area contributed by atoms with Crippen molar-refractivity contribution in [1.82, 2.24) is 14.9 Å². The van der Waals surface area contributed by atoms with E-state index in [9.17, 15) is 9.59 Å². The Morgan fingerprint density at radius 2 is 2.13 bits per heavy atom. The predicted octanol–water partition coefficient (Wildman–Crippen LogP) is 1.96. The first-order valence-electron chi connectivity index (χ1n) is 7.20. The molecule has 23 heavy (non-hydrogen) atoms. The summed E-state index contributed by atoms with van der Waals surface area (Å²) in [5.74, 6) is -0.555. The number of benzene rings is 1. The highest BCUT2D eigenvalue weighted by Crippen LogP contribution is 2.29. The Hall–Kier alpha value is -2.96. The molecule has 1 N–H and O–H groups in total. The first kappa shape index (κ1) is 15.0. The molecule has 0 aliphatic heterocycles. The topological polar surface area (TPSA) is 92.6 Å². The maximum absolute atomic E-state index is 12.5. The molecule has 7 heteroatoms. The highest BCUT2D eigenvalue weighted by Gasteiger charge is 2.34. The van der Waals surface area contributed by atoms with Crippen molar-refractivity contribution < 1.29 is 19.4 Å². The minimum Gasteiger partial charge on any atom is -0.480 e. The zero-order chi connectivity index (χ0) is 16.2. The van der Waals surface area contributed by atoms with Gasteiger partial charge in [-0.15, -0.1) is 0 Å². The Morgan fingerprint density at radius 1 is 1.30 bits per heavy atom. The third-order valence-electron chi connectivity index (χ3n) is 3.40. The number of hydrogen-bond acceptors (Lipinski definition) is 5. The normalized spacial score (nSPS) is 13.4. The van der Waals surface area contributed by atoms with E-state index in [-0.39, 0.29) is 18.5 Å². The molecule has 2 aromatic rings. The Kier molecular flexibility index (Phi) is 4.18. The molecule has 1 aliphatic rings. The first-order valence-corrected chi connectivity index (χ1v) is 7.20. The van der Waals surface area contributed by atoms with E-state index in [1.165, 1.54) is 23.5 Å². The van der Waals surface area contributed by atoms with Crippen molar-refractivity contribution in [1.29, 1.82) is 0 Å². The molecule has 0 spiro atoms. The molecule has 1 amide bonds. The Labute approximate surface area is 132 Å². The fourth-order valence-electron chi connectivity index (χ4n) is 2.22. The number of ether oxygens (including phenoxy) is 1. The molecule has 1 aliphatic carbocycles. The molecule has 0 unspecified atom stereocenters. The lowest BCUT2D eigenvalue weighted by molar-refractivity contribution is -0.137. The molecule has 0 saturated heterocycles. The van der Waals surface area contributed by atoms with Gasteiger partial charge in [0.15, 0.2) is 0 Å². The Bertz CT molecular complexity index is 716. The number of carbonyl (C=O) groups excluding carboxylic acids is 1. The molecule has 3 rings (SSSR count). The SMILES string of the molecule is O=C(O)CN(C(=O)c1cccc(Oc2cnccn2)c1)C1CC1. The number of carboxylic acid groups (broad SMARTS) is 1. The van der Waals surface area contributed by atoms with E-state index >= 15 is 0 Å². The number of hydrogen-bond donors (Lipinski definition) is 1. The van der Waals surface area contributed by atoms with Gasteiger partial charge in [-0.3, -0.25) is 14.6 Å². The quantitative estimate of drug-likeness (QED) is 0.876. The summed E-state index contributed by atoms with van der Waals surface area (Å²) >= 11 is 0. The van der Waals surface area contributed by atoms with E-state index in [1.54, 1.807) is 24.3 Å². The minimum atomic E-state index is -1.02. The van der Waals surface area contributed by atoms with Crippen LogP contribution in [0.15, 0.2) is 42.9 Å². The van der Waals surface area contributed by atoms with Crippen molar-refractivity contribution in [3.05, 3.63) is 48.4 Å². The van der Waals surface area contributed by atoms with Gasteiger partial charge >= 0.3 is 5.97 Å². The van der Waals surface area contributed by atoms with Gasteiger partial charge in [0.1, 0.15) is 12.3 Å². The van der Waals surface area contributed by atoms with Crippen LogP contribution < -0.4 is 4.74 Å². The van der Waals surface area contributed by atoms with E-state index in [0.717, 1.165) is 12.8 Å². The van der Waals surface area contributed by atoms with E-state index in [4.69, 9.17) is 9.84 Å². The van der Waals surface area contributed by atoms with E-state index in [0.29, 0.717) is 17.2 Å². The number of amides is 1. The highest BCUT2D eigenvalue weighted by atomic mass is 16.5. The van der Waals surface area contributed by atoms with E-state index in [1.807, 2.05) is 0 Å². The summed E-state index contributed by atoms with van der Waals surface area (Å²) in [4.78, 5) is 32.8. The van der Waals surface area contributed by atoms with E-state index < -0.39 is 5.97 Å². The molecule has 0 atom stereocenters. The van der Waals surface area contributed by atoms with Crippen LogP contribution in [0.2, 0.25) is 0 Å². The van der Waals surface area contributed by atoms with Crippen LogP contribution in [0.3, 0.4) is 0 Å². The summed E-state index contributed by atoms with van der Waals surface area (Å²) in [5.41, 5.74) is 0.388. The van der Waals surface area contributed by atoms with Gasteiger partial charge < -0.3 is 14.7 Å². The number of rotatable bonds is 6. The van der Waals surface area contributed by atoms with Gasteiger partial charge in [0, 0.05) is 24.0 Å². The zero-order valence-corrected chi connectivity index (χ0v) is 12.3. The van der Waals surface area contributed by atoms with Gasteiger partial charge in [0.05, 0.1) is 6.20 Å². The first-order chi connectivity index (χ1) is 11.1. The average molecular weight is 313 g/mol. The van der Waals surface area contributed by atoms with Crippen LogP contribution in [0.25, 0.3) is 0 Å². The van der Waals surface area contributed by atoms with Gasteiger partial charge in [-0.25, -0.2) is 4.98 Å². The van der Waals surface area contributed by atoms with Gasteiger partial charge in [0.25, 0.3) is 5.91 Å².